The number of hydrogen-bond acceptors (Lipinski definition) is 4. The van der Waals surface area contributed by atoms with Crippen LogP contribution in [0.5, 0.6) is 0 Å². The van der Waals surface area contributed by atoms with Crippen LogP contribution >= 0.6 is 50.2 Å². The summed E-state index contributed by atoms with van der Waals surface area (Å²) in [6.07, 6.45) is 1.49. The van der Waals surface area contributed by atoms with E-state index >= 15 is 0 Å². The molecule has 0 amide bonds. The van der Waals surface area contributed by atoms with Crippen LogP contribution in [0.25, 0.3) is 20.0 Å². The molecule has 0 unspecified atom stereocenters. The summed E-state index contributed by atoms with van der Waals surface area (Å²) in [5, 5.41) is 0.525. The maximum Gasteiger partial charge on any atom is 0.150 e. The second kappa shape index (κ2) is 4.07. The molecule has 0 fully saturated rings. The highest BCUT2D eigenvalue weighted by atomic mass is 79.9. The van der Waals surface area contributed by atoms with Crippen molar-refractivity contribution in [2.75, 3.05) is 0 Å². The van der Waals surface area contributed by atoms with Crippen LogP contribution in [0.1, 0.15) is 0 Å². The molecule has 3 aromatic rings. The van der Waals surface area contributed by atoms with E-state index in [1.807, 2.05) is 12.1 Å². The van der Waals surface area contributed by atoms with E-state index in [0.717, 1.165) is 14.0 Å². The summed E-state index contributed by atoms with van der Waals surface area (Å²) in [5.41, 5.74) is 0.907. The molecule has 2 nitrogen and oxygen atoms in total. The molecule has 3 aromatic heterocycles. The molecule has 0 N–H and O–H groups in total. The Morgan fingerprint density at radius 2 is 2.00 bits per heavy atom. The van der Waals surface area contributed by atoms with E-state index in [2.05, 4.69) is 32.0 Å². The number of aromatic nitrogens is 2. The lowest BCUT2D eigenvalue weighted by molar-refractivity contribution is 1.23. The van der Waals surface area contributed by atoms with Crippen molar-refractivity contribution in [3.8, 4) is 9.75 Å². The molecule has 0 aliphatic carbocycles. The van der Waals surface area contributed by atoms with Gasteiger partial charge in [0.05, 0.1) is 14.0 Å². The van der Waals surface area contributed by atoms with Crippen molar-refractivity contribution in [1.29, 1.82) is 0 Å². The third-order valence-electron chi connectivity index (χ3n) is 2.08. The van der Waals surface area contributed by atoms with E-state index in [-0.39, 0.29) is 0 Å². The van der Waals surface area contributed by atoms with Crippen LogP contribution in [-0.4, -0.2) is 9.97 Å². The Bertz CT molecular complexity index is 662. The Labute approximate surface area is 113 Å². The zero-order valence-corrected chi connectivity index (χ0v) is 11.8. The van der Waals surface area contributed by atoms with Crippen molar-refractivity contribution in [3.05, 3.63) is 33.5 Å². The fraction of sp³-hybridized carbons (Fsp3) is 0. The standard InChI is InChI=1S/C10H4BrClN2S2/c11-8-2-1-6(15-8)7-3-5-9(16-7)10(12)14-4-13-5/h1-4H. The highest BCUT2D eigenvalue weighted by Gasteiger charge is 2.10. The molecular weight excluding hydrogens is 328 g/mol. The van der Waals surface area contributed by atoms with Gasteiger partial charge in [-0.1, -0.05) is 11.6 Å². The number of hydrogen-bond donors (Lipinski definition) is 0. The summed E-state index contributed by atoms with van der Waals surface area (Å²) in [6, 6.07) is 6.17. The molecule has 0 radical (unpaired) electrons. The molecule has 80 valence electrons. The first-order valence-electron chi connectivity index (χ1n) is 4.40. The Kier molecular flexibility index (Phi) is 2.71. The van der Waals surface area contributed by atoms with Crippen molar-refractivity contribution in [3.63, 3.8) is 0 Å². The van der Waals surface area contributed by atoms with Gasteiger partial charge in [0.2, 0.25) is 0 Å². The summed E-state index contributed by atoms with van der Waals surface area (Å²) in [5.74, 6) is 0. The molecule has 0 bridgehead atoms. The number of fused-ring (bicyclic) bond motifs is 1. The zero-order chi connectivity index (χ0) is 11.1. The van der Waals surface area contributed by atoms with Crippen molar-refractivity contribution in [1.82, 2.24) is 9.97 Å². The molecule has 6 heteroatoms. The van der Waals surface area contributed by atoms with Gasteiger partial charge in [-0.15, -0.1) is 22.7 Å². The SMILES string of the molecule is Clc1ncnc2cc(-c3ccc(Br)s3)sc12. The zero-order valence-electron chi connectivity index (χ0n) is 7.78. The van der Waals surface area contributed by atoms with E-state index in [4.69, 9.17) is 11.6 Å². The predicted octanol–water partition coefficient (Wildman–Crippen LogP) is 4.84. The van der Waals surface area contributed by atoms with Gasteiger partial charge in [-0.25, -0.2) is 9.97 Å². The van der Waals surface area contributed by atoms with Gasteiger partial charge in [-0.2, -0.15) is 0 Å². The summed E-state index contributed by atoms with van der Waals surface area (Å²) in [4.78, 5) is 10.6. The van der Waals surface area contributed by atoms with Crippen molar-refractivity contribution >= 4 is 60.4 Å². The van der Waals surface area contributed by atoms with Gasteiger partial charge >= 0.3 is 0 Å². The first-order valence-corrected chi connectivity index (χ1v) is 7.20. The third kappa shape index (κ3) is 1.78. The van der Waals surface area contributed by atoms with Crippen molar-refractivity contribution in [2.45, 2.75) is 0 Å². The van der Waals surface area contributed by atoms with Crippen LogP contribution < -0.4 is 0 Å². The van der Waals surface area contributed by atoms with Gasteiger partial charge in [0.1, 0.15) is 11.5 Å². The van der Waals surface area contributed by atoms with Gasteiger partial charge in [-0.3, -0.25) is 0 Å². The molecule has 0 spiro atoms. The second-order valence-corrected chi connectivity index (χ2v) is 6.97. The smallest absolute Gasteiger partial charge is 0.150 e. The monoisotopic (exact) mass is 330 g/mol. The average molecular weight is 332 g/mol. The first kappa shape index (κ1) is 10.7. The molecule has 0 aliphatic heterocycles. The van der Waals surface area contributed by atoms with E-state index in [1.165, 1.54) is 16.1 Å². The summed E-state index contributed by atoms with van der Waals surface area (Å²) in [7, 11) is 0. The lowest BCUT2D eigenvalue weighted by atomic mass is 10.3. The van der Waals surface area contributed by atoms with Crippen molar-refractivity contribution in [2.24, 2.45) is 0 Å². The second-order valence-electron chi connectivity index (χ2n) is 3.09. The van der Waals surface area contributed by atoms with E-state index in [1.54, 1.807) is 22.7 Å². The van der Waals surface area contributed by atoms with Gasteiger partial charge in [0.25, 0.3) is 0 Å². The molecule has 0 saturated heterocycles. The molecule has 0 aromatic carbocycles. The minimum Gasteiger partial charge on any atom is -0.235 e. The Morgan fingerprint density at radius 3 is 2.69 bits per heavy atom. The Hall–Kier alpha value is -0.490. The molecule has 0 aliphatic rings. The summed E-state index contributed by atoms with van der Waals surface area (Å²) in [6.45, 7) is 0. The summed E-state index contributed by atoms with van der Waals surface area (Å²) >= 11 is 12.8. The molecular formula is C10H4BrClN2S2. The maximum atomic E-state index is 6.02. The molecule has 16 heavy (non-hydrogen) atoms. The van der Waals surface area contributed by atoms with Crippen LogP contribution in [0.2, 0.25) is 5.15 Å². The molecule has 0 saturated carbocycles. The van der Waals surface area contributed by atoms with Crippen LogP contribution in [0, 0.1) is 0 Å². The fourth-order valence-electron chi connectivity index (χ4n) is 1.39. The Morgan fingerprint density at radius 1 is 1.12 bits per heavy atom. The predicted molar refractivity (Wildman–Crippen MR) is 73.4 cm³/mol. The average Bonchev–Trinajstić information content (AvgIpc) is 2.84. The van der Waals surface area contributed by atoms with E-state index in [0.29, 0.717) is 5.15 Å². The van der Waals surface area contributed by atoms with Crippen LogP contribution in [0.4, 0.5) is 0 Å². The molecule has 3 rings (SSSR count). The largest absolute Gasteiger partial charge is 0.235 e. The lowest BCUT2D eigenvalue weighted by Crippen LogP contribution is -1.76. The fourth-order valence-corrected chi connectivity index (χ4v) is 4.11. The number of thiophene rings is 2. The van der Waals surface area contributed by atoms with Gasteiger partial charge in [-0.05, 0) is 34.1 Å². The minimum absolute atomic E-state index is 0.525. The van der Waals surface area contributed by atoms with Crippen LogP contribution in [-0.2, 0) is 0 Å². The van der Waals surface area contributed by atoms with E-state index in [9.17, 15) is 0 Å². The Balaban J connectivity index is 2.22. The van der Waals surface area contributed by atoms with Crippen molar-refractivity contribution < 1.29 is 0 Å². The number of halogens is 2. The minimum atomic E-state index is 0.525. The topological polar surface area (TPSA) is 25.8 Å². The highest BCUT2D eigenvalue weighted by molar-refractivity contribution is 9.11. The molecule has 0 atom stereocenters. The molecule has 3 heterocycles. The maximum absolute atomic E-state index is 6.02. The van der Waals surface area contributed by atoms with E-state index < -0.39 is 0 Å². The normalized spacial score (nSPS) is 11.1. The quantitative estimate of drug-likeness (QED) is 0.597. The summed E-state index contributed by atoms with van der Waals surface area (Å²) < 4.78 is 2.07. The third-order valence-corrected chi connectivity index (χ3v) is 5.43. The first-order chi connectivity index (χ1) is 7.74. The highest BCUT2D eigenvalue weighted by Crippen LogP contribution is 2.39. The van der Waals surface area contributed by atoms with Gasteiger partial charge in [0.15, 0.2) is 0 Å². The van der Waals surface area contributed by atoms with Gasteiger partial charge < -0.3 is 0 Å². The number of nitrogens with zero attached hydrogens (tertiary/aromatic N) is 2. The lowest BCUT2D eigenvalue weighted by Gasteiger charge is -1.88. The number of rotatable bonds is 1. The van der Waals surface area contributed by atoms with Gasteiger partial charge in [0, 0.05) is 9.75 Å². The van der Waals surface area contributed by atoms with Crippen LogP contribution in [0.15, 0.2) is 28.3 Å². The van der Waals surface area contributed by atoms with Crippen LogP contribution in [0.3, 0.4) is 0 Å².